The van der Waals surface area contributed by atoms with Gasteiger partial charge in [-0.15, -0.1) is 0 Å². The number of hydrogen-bond donors (Lipinski definition) is 2. The topological polar surface area (TPSA) is 47.6 Å². The molecule has 1 aromatic rings. The third-order valence-corrected chi connectivity index (χ3v) is 5.81. The van der Waals surface area contributed by atoms with E-state index in [1.54, 1.807) is 0 Å². The monoisotopic (exact) mass is 358 g/mol. The van der Waals surface area contributed by atoms with Gasteiger partial charge < -0.3 is 20.4 Å². The van der Waals surface area contributed by atoms with Crippen LogP contribution in [0.2, 0.25) is 0 Å². The van der Waals surface area contributed by atoms with Crippen LogP contribution in [0.25, 0.3) is 0 Å². The molecule has 2 N–H and O–H groups in total. The zero-order valence-corrected chi connectivity index (χ0v) is 16.1. The lowest BCUT2D eigenvalue weighted by Gasteiger charge is -2.33. The van der Waals surface area contributed by atoms with Crippen LogP contribution in [0, 0.1) is 5.92 Å². The molecule has 0 unspecified atom stereocenters. The van der Waals surface area contributed by atoms with Crippen LogP contribution < -0.4 is 15.5 Å². The van der Waals surface area contributed by atoms with Gasteiger partial charge in [-0.3, -0.25) is 0 Å². The molecule has 0 aromatic heterocycles. The second-order valence-corrected chi connectivity index (χ2v) is 7.81. The average molecular weight is 359 g/mol. The number of rotatable bonds is 7. The number of nitrogens with zero attached hydrogens (tertiary/aromatic N) is 2. The maximum absolute atomic E-state index is 12.0. The standard InChI is InChI=1S/C21H34N4O/c1-18-8-5-6-13-24(18)14-7-12-22-21(26)23-16-19-11-15-25(17-19)20-9-3-2-4-10-20/h2-4,9-10,18-19H,5-8,11-17H2,1H3,(H2,22,23,26)/t18-,19+/m1/s1. The molecule has 0 saturated carbocycles. The number of carbonyl (C=O) groups excluding carboxylic acids is 1. The highest BCUT2D eigenvalue weighted by atomic mass is 16.2. The molecule has 5 nitrogen and oxygen atoms in total. The Morgan fingerprint density at radius 1 is 1.12 bits per heavy atom. The highest BCUT2D eigenvalue weighted by Crippen LogP contribution is 2.22. The summed E-state index contributed by atoms with van der Waals surface area (Å²) in [5, 5.41) is 6.07. The molecular formula is C21H34N4O. The lowest BCUT2D eigenvalue weighted by atomic mass is 10.0. The highest BCUT2D eigenvalue weighted by Gasteiger charge is 2.23. The van der Waals surface area contributed by atoms with Gasteiger partial charge >= 0.3 is 6.03 Å². The fraction of sp³-hybridized carbons (Fsp3) is 0.667. The van der Waals surface area contributed by atoms with Gasteiger partial charge in [-0.1, -0.05) is 24.6 Å². The number of benzene rings is 1. The fourth-order valence-corrected chi connectivity index (χ4v) is 4.15. The predicted octanol–water partition coefficient (Wildman–Crippen LogP) is 3.08. The van der Waals surface area contributed by atoms with Gasteiger partial charge in [0, 0.05) is 44.5 Å². The Morgan fingerprint density at radius 3 is 2.77 bits per heavy atom. The number of anilines is 1. The van der Waals surface area contributed by atoms with Crippen LogP contribution in [-0.2, 0) is 0 Å². The van der Waals surface area contributed by atoms with Crippen molar-refractivity contribution in [2.45, 2.75) is 45.1 Å². The van der Waals surface area contributed by atoms with E-state index in [-0.39, 0.29) is 6.03 Å². The predicted molar refractivity (Wildman–Crippen MR) is 108 cm³/mol. The van der Waals surface area contributed by atoms with Crippen LogP contribution in [0.5, 0.6) is 0 Å². The Bertz CT molecular complexity index is 550. The molecule has 2 heterocycles. The van der Waals surface area contributed by atoms with Crippen molar-refractivity contribution < 1.29 is 4.79 Å². The van der Waals surface area contributed by atoms with Gasteiger partial charge in [0.2, 0.25) is 0 Å². The van der Waals surface area contributed by atoms with Crippen LogP contribution in [-0.4, -0.2) is 56.2 Å². The fourth-order valence-electron chi connectivity index (χ4n) is 4.15. The summed E-state index contributed by atoms with van der Waals surface area (Å²) in [5.41, 5.74) is 1.28. The number of likely N-dealkylation sites (tertiary alicyclic amines) is 1. The normalized spacial score (nSPS) is 23.8. The average Bonchev–Trinajstić information content (AvgIpc) is 3.15. The summed E-state index contributed by atoms with van der Waals surface area (Å²) in [6.07, 6.45) is 6.17. The Hall–Kier alpha value is -1.75. The smallest absolute Gasteiger partial charge is 0.314 e. The van der Waals surface area contributed by atoms with Crippen molar-refractivity contribution in [2.75, 3.05) is 44.2 Å². The zero-order valence-electron chi connectivity index (χ0n) is 16.1. The van der Waals surface area contributed by atoms with Crippen molar-refractivity contribution in [3.8, 4) is 0 Å². The molecule has 2 fully saturated rings. The Balaban J connectivity index is 1.26. The highest BCUT2D eigenvalue weighted by molar-refractivity contribution is 5.73. The lowest BCUT2D eigenvalue weighted by molar-refractivity contribution is 0.159. The summed E-state index contributed by atoms with van der Waals surface area (Å²) in [7, 11) is 0. The van der Waals surface area contributed by atoms with Crippen LogP contribution in [0.3, 0.4) is 0 Å². The van der Waals surface area contributed by atoms with E-state index >= 15 is 0 Å². The second kappa shape index (κ2) is 9.81. The molecule has 5 heteroatoms. The van der Waals surface area contributed by atoms with Gasteiger partial charge in [0.15, 0.2) is 0 Å². The Kier molecular flexibility index (Phi) is 7.18. The number of piperidine rings is 1. The molecule has 2 atom stereocenters. The first-order chi connectivity index (χ1) is 12.7. The number of amides is 2. The van der Waals surface area contributed by atoms with E-state index in [1.807, 2.05) is 0 Å². The number of nitrogens with one attached hydrogen (secondary N) is 2. The number of carbonyl (C=O) groups is 1. The van der Waals surface area contributed by atoms with Crippen molar-refractivity contribution in [3.05, 3.63) is 30.3 Å². The molecule has 0 bridgehead atoms. The van der Waals surface area contributed by atoms with Crippen molar-refractivity contribution in [1.29, 1.82) is 0 Å². The second-order valence-electron chi connectivity index (χ2n) is 7.81. The number of urea groups is 1. The molecule has 144 valence electrons. The molecule has 2 saturated heterocycles. The minimum Gasteiger partial charge on any atom is -0.371 e. The summed E-state index contributed by atoms with van der Waals surface area (Å²) < 4.78 is 0. The van der Waals surface area contributed by atoms with Gasteiger partial charge in [0.25, 0.3) is 0 Å². The molecule has 3 rings (SSSR count). The zero-order chi connectivity index (χ0) is 18.2. The molecule has 2 aliphatic rings. The van der Waals surface area contributed by atoms with E-state index < -0.39 is 0 Å². The van der Waals surface area contributed by atoms with E-state index in [1.165, 1.54) is 31.5 Å². The largest absolute Gasteiger partial charge is 0.371 e. The van der Waals surface area contributed by atoms with Gasteiger partial charge in [-0.2, -0.15) is 0 Å². The van der Waals surface area contributed by atoms with Crippen LogP contribution >= 0.6 is 0 Å². The summed E-state index contributed by atoms with van der Waals surface area (Å²) in [4.78, 5) is 17.0. The molecule has 1 aromatic carbocycles. The Labute approximate surface area is 158 Å². The molecule has 2 aliphatic heterocycles. The van der Waals surface area contributed by atoms with E-state index in [4.69, 9.17) is 0 Å². The Morgan fingerprint density at radius 2 is 1.96 bits per heavy atom. The number of hydrogen-bond acceptors (Lipinski definition) is 3. The van der Waals surface area contributed by atoms with Gasteiger partial charge in [-0.05, 0) is 57.2 Å². The van der Waals surface area contributed by atoms with E-state index in [0.717, 1.165) is 45.6 Å². The van der Waals surface area contributed by atoms with Crippen LogP contribution in [0.4, 0.5) is 10.5 Å². The molecular weight excluding hydrogens is 324 g/mol. The van der Waals surface area contributed by atoms with Crippen molar-refractivity contribution in [2.24, 2.45) is 5.92 Å². The van der Waals surface area contributed by atoms with Crippen LogP contribution in [0.15, 0.2) is 30.3 Å². The molecule has 2 amide bonds. The quantitative estimate of drug-likeness (QED) is 0.737. The molecule has 0 radical (unpaired) electrons. The van der Waals surface area contributed by atoms with E-state index in [2.05, 4.69) is 57.7 Å². The first kappa shape index (κ1) is 19.0. The van der Waals surface area contributed by atoms with Crippen LogP contribution in [0.1, 0.15) is 39.0 Å². The molecule has 0 aliphatic carbocycles. The summed E-state index contributed by atoms with van der Waals surface area (Å²) in [5.74, 6) is 0.537. The first-order valence-electron chi connectivity index (χ1n) is 10.3. The third kappa shape index (κ3) is 5.63. The lowest BCUT2D eigenvalue weighted by Crippen LogP contribution is -2.41. The van der Waals surface area contributed by atoms with Crippen molar-refractivity contribution >= 4 is 11.7 Å². The summed E-state index contributed by atoms with van der Waals surface area (Å²) in [6, 6.07) is 11.2. The minimum absolute atomic E-state index is 0.0187. The van der Waals surface area contributed by atoms with Gasteiger partial charge in [0.05, 0.1) is 0 Å². The molecule has 0 spiro atoms. The van der Waals surface area contributed by atoms with Crippen molar-refractivity contribution in [3.63, 3.8) is 0 Å². The summed E-state index contributed by atoms with van der Waals surface area (Å²) >= 11 is 0. The van der Waals surface area contributed by atoms with Gasteiger partial charge in [0.1, 0.15) is 0 Å². The van der Waals surface area contributed by atoms with Gasteiger partial charge in [-0.25, -0.2) is 4.79 Å². The minimum atomic E-state index is -0.0187. The third-order valence-electron chi connectivity index (χ3n) is 5.81. The molecule has 26 heavy (non-hydrogen) atoms. The maximum atomic E-state index is 12.0. The van der Waals surface area contributed by atoms with E-state index in [9.17, 15) is 4.79 Å². The van der Waals surface area contributed by atoms with Crippen molar-refractivity contribution in [1.82, 2.24) is 15.5 Å². The first-order valence-corrected chi connectivity index (χ1v) is 10.3. The summed E-state index contributed by atoms with van der Waals surface area (Å²) in [6.45, 7) is 8.25. The van der Waals surface area contributed by atoms with E-state index in [0.29, 0.717) is 12.0 Å². The SMILES string of the molecule is C[C@@H]1CCCCN1CCCNC(=O)NC[C@@H]1CCN(c2ccccc2)C1. The maximum Gasteiger partial charge on any atom is 0.314 e. The number of para-hydroxylation sites is 1.